The molecule has 124 valence electrons. The van der Waals surface area contributed by atoms with Crippen molar-refractivity contribution >= 4 is 0 Å². The number of aromatic nitrogens is 3. The van der Waals surface area contributed by atoms with Crippen molar-refractivity contribution < 1.29 is 9.63 Å². The van der Waals surface area contributed by atoms with Gasteiger partial charge in [0.1, 0.15) is 5.75 Å². The molecule has 0 aliphatic carbocycles. The summed E-state index contributed by atoms with van der Waals surface area (Å²) in [6, 6.07) is 3.89. The molecule has 1 fully saturated rings. The van der Waals surface area contributed by atoms with Gasteiger partial charge in [0.15, 0.2) is 5.82 Å². The van der Waals surface area contributed by atoms with Crippen LogP contribution in [0.15, 0.2) is 16.7 Å². The Bertz CT molecular complexity index is 658. The molecule has 7 nitrogen and oxygen atoms in total. The largest absolute Gasteiger partial charge is 0.506 e. The third-order valence-corrected chi connectivity index (χ3v) is 4.09. The summed E-state index contributed by atoms with van der Waals surface area (Å²) in [7, 11) is 0. The smallest absolute Gasteiger partial charge is 0.223 e. The van der Waals surface area contributed by atoms with Crippen molar-refractivity contribution in [2.75, 3.05) is 13.1 Å². The van der Waals surface area contributed by atoms with Gasteiger partial charge in [0.2, 0.25) is 5.89 Å². The summed E-state index contributed by atoms with van der Waals surface area (Å²) in [5, 5.41) is 17.3. The second kappa shape index (κ2) is 7.06. The normalized spacial score (nSPS) is 19.1. The number of piperidine rings is 1. The molecular weight excluding hydrogens is 294 g/mol. The van der Waals surface area contributed by atoms with Gasteiger partial charge in [-0.1, -0.05) is 5.16 Å². The van der Waals surface area contributed by atoms with Crippen LogP contribution in [0.3, 0.4) is 0 Å². The molecule has 2 aromatic heterocycles. The van der Waals surface area contributed by atoms with Gasteiger partial charge in [0.05, 0.1) is 12.2 Å². The van der Waals surface area contributed by atoms with Crippen molar-refractivity contribution in [1.29, 1.82) is 0 Å². The van der Waals surface area contributed by atoms with Crippen molar-refractivity contribution in [2.24, 2.45) is 0 Å². The number of nitrogens with zero attached hydrogens (tertiary/aromatic N) is 4. The molecule has 0 radical (unpaired) electrons. The van der Waals surface area contributed by atoms with Gasteiger partial charge in [0.25, 0.3) is 0 Å². The Morgan fingerprint density at radius 3 is 3.00 bits per heavy atom. The molecule has 0 spiro atoms. The van der Waals surface area contributed by atoms with Crippen molar-refractivity contribution in [3.8, 4) is 5.75 Å². The first kappa shape index (κ1) is 15.9. The van der Waals surface area contributed by atoms with E-state index >= 15 is 0 Å². The first-order valence-corrected chi connectivity index (χ1v) is 8.00. The van der Waals surface area contributed by atoms with E-state index in [1.54, 1.807) is 13.0 Å². The molecule has 1 aliphatic rings. The van der Waals surface area contributed by atoms with E-state index in [-0.39, 0.29) is 5.75 Å². The number of nitrogens with one attached hydrogen (secondary N) is 1. The Hall–Kier alpha value is -1.99. The first-order valence-electron chi connectivity index (χ1n) is 8.00. The van der Waals surface area contributed by atoms with Crippen molar-refractivity contribution in [3.63, 3.8) is 0 Å². The van der Waals surface area contributed by atoms with Crippen molar-refractivity contribution in [3.05, 3.63) is 35.2 Å². The summed E-state index contributed by atoms with van der Waals surface area (Å²) in [4.78, 5) is 11.0. The topological polar surface area (TPSA) is 87.3 Å². The number of hydrogen-bond donors (Lipinski definition) is 2. The summed E-state index contributed by atoms with van der Waals surface area (Å²) in [5.74, 6) is 1.59. The second-order valence-electron chi connectivity index (χ2n) is 6.10. The zero-order valence-electron chi connectivity index (χ0n) is 13.6. The average molecular weight is 317 g/mol. The first-order chi connectivity index (χ1) is 11.1. The van der Waals surface area contributed by atoms with E-state index in [9.17, 15) is 5.11 Å². The van der Waals surface area contributed by atoms with E-state index in [1.807, 2.05) is 13.0 Å². The summed E-state index contributed by atoms with van der Waals surface area (Å²) >= 11 is 0. The van der Waals surface area contributed by atoms with Gasteiger partial charge in [-0.15, -0.1) is 0 Å². The molecular formula is C16H23N5O2. The van der Waals surface area contributed by atoms with E-state index in [0.29, 0.717) is 30.7 Å². The van der Waals surface area contributed by atoms with Crippen LogP contribution in [0.1, 0.15) is 35.9 Å². The van der Waals surface area contributed by atoms with Gasteiger partial charge in [-0.3, -0.25) is 9.88 Å². The molecule has 3 heterocycles. The monoisotopic (exact) mass is 317 g/mol. The lowest BCUT2D eigenvalue weighted by Crippen LogP contribution is -2.45. The van der Waals surface area contributed by atoms with Gasteiger partial charge in [0, 0.05) is 31.7 Å². The SMILES string of the molecule is Cc1ccc(O)c(CNC2CCCN(Cc3noc(C)n3)C2)n1. The van der Waals surface area contributed by atoms with E-state index in [0.717, 1.165) is 37.4 Å². The fraction of sp³-hybridized carbons (Fsp3) is 0.562. The molecule has 1 saturated heterocycles. The minimum atomic E-state index is 0.248. The minimum absolute atomic E-state index is 0.248. The minimum Gasteiger partial charge on any atom is -0.506 e. The molecule has 23 heavy (non-hydrogen) atoms. The Morgan fingerprint density at radius 1 is 1.35 bits per heavy atom. The number of aryl methyl sites for hydroxylation is 2. The maximum Gasteiger partial charge on any atom is 0.223 e. The van der Waals surface area contributed by atoms with Crippen LogP contribution in [0.2, 0.25) is 0 Å². The van der Waals surface area contributed by atoms with Crippen molar-refractivity contribution in [1.82, 2.24) is 25.3 Å². The summed E-state index contributed by atoms with van der Waals surface area (Å²) < 4.78 is 5.02. The van der Waals surface area contributed by atoms with Crippen LogP contribution < -0.4 is 5.32 Å². The summed E-state index contributed by atoms with van der Waals surface area (Å²) in [6.07, 6.45) is 2.25. The second-order valence-corrected chi connectivity index (χ2v) is 6.10. The van der Waals surface area contributed by atoms with Crippen LogP contribution in [0.25, 0.3) is 0 Å². The third kappa shape index (κ3) is 4.27. The maximum absolute atomic E-state index is 9.87. The lowest BCUT2D eigenvalue weighted by atomic mass is 10.1. The van der Waals surface area contributed by atoms with Crippen LogP contribution in [-0.4, -0.2) is 44.3 Å². The molecule has 0 bridgehead atoms. The Morgan fingerprint density at radius 2 is 2.22 bits per heavy atom. The molecule has 1 atom stereocenters. The molecule has 2 aromatic rings. The summed E-state index contributed by atoms with van der Waals surface area (Å²) in [6.45, 7) is 6.99. The molecule has 3 rings (SSSR count). The predicted octanol–water partition coefficient (Wildman–Crippen LogP) is 1.54. The molecule has 0 aromatic carbocycles. The lowest BCUT2D eigenvalue weighted by molar-refractivity contribution is 0.176. The average Bonchev–Trinajstić information content (AvgIpc) is 2.94. The van der Waals surface area contributed by atoms with Gasteiger partial charge in [-0.25, -0.2) is 0 Å². The van der Waals surface area contributed by atoms with Gasteiger partial charge in [-0.2, -0.15) is 4.98 Å². The Balaban J connectivity index is 1.53. The Kier molecular flexibility index (Phi) is 4.88. The van der Waals surface area contributed by atoms with E-state index in [2.05, 4.69) is 25.3 Å². The lowest BCUT2D eigenvalue weighted by Gasteiger charge is -2.32. The number of aromatic hydroxyl groups is 1. The van der Waals surface area contributed by atoms with Crippen LogP contribution >= 0.6 is 0 Å². The van der Waals surface area contributed by atoms with Crippen LogP contribution in [0.5, 0.6) is 5.75 Å². The van der Waals surface area contributed by atoms with Gasteiger partial charge < -0.3 is 14.9 Å². The maximum atomic E-state index is 9.87. The fourth-order valence-corrected chi connectivity index (χ4v) is 2.95. The molecule has 1 aliphatic heterocycles. The van der Waals surface area contributed by atoms with Crippen LogP contribution in [-0.2, 0) is 13.1 Å². The summed E-state index contributed by atoms with van der Waals surface area (Å²) in [5.41, 5.74) is 1.62. The molecule has 0 amide bonds. The van der Waals surface area contributed by atoms with Gasteiger partial charge in [-0.05, 0) is 38.4 Å². The number of hydrogen-bond acceptors (Lipinski definition) is 7. The number of likely N-dealkylation sites (tertiary alicyclic amines) is 1. The highest BCUT2D eigenvalue weighted by Gasteiger charge is 2.21. The highest BCUT2D eigenvalue weighted by atomic mass is 16.5. The third-order valence-electron chi connectivity index (χ3n) is 4.09. The number of rotatable bonds is 5. The zero-order valence-corrected chi connectivity index (χ0v) is 13.6. The fourth-order valence-electron chi connectivity index (χ4n) is 2.95. The number of pyridine rings is 1. The molecule has 1 unspecified atom stereocenters. The van der Waals surface area contributed by atoms with E-state index in [1.165, 1.54) is 0 Å². The van der Waals surface area contributed by atoms with E-state index in [4.69, 9.17) is 4.52 Å². The standard InChI is InChI=1S/C16H23N5O2/c1-11-5-6-15(22)14(18-11)8-17-13-4-3-7-21(9-13)10-16-19-12(2)23-20-16/h5-6,13,17,22H,3-4,7-10H2,1-2H3. The van der Waals surface area contributed by atoms with Gasteiger partial charge >= 0.3 is 0 Å². The molecule has 0 saturated carbocycles. The highest BCUT2D eigenvalue weighted by molar-refractivity contribution is 5.27. The predicted molar refractivity (Wildman–Crippen MR) is 84.8 cm³/mol. The quantitative estimate of drug-likeness (QED) is 0.865. The Labute approximate surface area is 135 Å². The zero-order chi connectivity index (χ0) is 16.2. The van der Waals surface area contributed by atoms with Crippen molar-refractivity contribution in [2.45, 2.75) is 45.8 Å². The molecule has 7 heteroatoms. The molecule has 2 N–H and O–H groups in total. The van der Waals surface area contributed by atoms with Crippen LogP contribution in [0.4, 0.5) is 0 Å². The highest BCUT2D eigenvalue weighted by Crippen LogP contribution is 2.17. The van der Waals surface area contributed by atoms with Crippen LogP contribution in [0, 0.1) is 13.8 Å². The van der Waals surface area contributed by atoms with E-state index < -0.39 is 0 Å².